The fourth-order valence-electron chi connectivity index (χ4n) is 3.64. The fourth-order valence-corrected chi connectivity index (χ4v) is 4.84. The van der Waals surface area contributed by atoms with Crippen molar-refractivity contribution in [2.75, 3.05) is 52.5 Å². The second kappa shape index (κ2) is 8.99. The van der Waals surface area contributed by atoms with E-state index in [-0.39, 0.29) is 0 Å². The molecule has 1 amide bonds. The summed E-state index contributed by atoms with van der Waals surface area (Å²) in [6, 6.07) is 3.91. The fraction of sp³-hybridized carbons (Fsp3) is 0.611. The van der Waals surface area contributed by atoms with Gasteiger partial charge in [0.1, 0.15) is 0 Å². The van der Waals surface area contributed by atoms with Crippen LogP contribution in [0.2, 0.25) is 0 Å². The number of carbonyl (C=O) groups excluding carboxylic acids is 1. The molecule has 3 rings (SSSR count). The molecule has 0 aromatic heterocycles. The number of hydrogen-bond acceptors (Lipinski definition) is 5. The molecular weight excluding hydrogens is 411 g/mol. The Balaban J connectivity index is 1.55. The molecule has 0 spiro atoms. The van der Waals surface area contributed by atoms with E-state index in [0.717, 1.165) is 38.2 Å². The number of benzene rings is 1. The Labute approximate surface area is 167 Å². The van der Waals surface area contributed by atoms with Gasteiger partial charge in [0.25, 0.3) is 0 Å². The van der Waals surface area contributed by atoms with Gasteiger partial charge >= 0.3 is 6.18 Å². The topological polar surface area (TPSA) is 79.0 Å². The molecule has 29 heavy (non-hydrogen) atoms. The number of hydrogen-bond donors (Lipinski definition) is 1. The highest BCUT2D eigenvalue weighted by molar-refractivity contribution is 7.89. The van der Waals surface area contributed by atoms with Crippen molar-refractivity contribution in [3.05, 3.63) is 29.8 Å². The lowest BCUT2D eigenvalue weighted by atomic mass is 10.1. The van der Waals surface area contributed by atoms with E-state index in [1.54, 1.807) is 4.90 Å². The molecule has 0 aliphatic carbocycles. The van der Waals surface area contributed by atoms with Gasteiger partial charge < -0.3 is 9.64 Å². The Bertz CT molecular complexity index is 826. The highest BCUT2D eigenvalue weighted by Crippen LogP contribution is 2.33. The molecule has 0 bridgehead atoms. The van der Waals surface area contributed by atoms with E-state index in [4.69, 9.17) is 4.74 Å². The quantitative estimate of drug-likeness (QED) is 0.726. The van der Waals surface area contributed by atoms with Crippen LogP contribution in [0.5, 0.6) is 0 Å². The number of rotatable bonds is 6. The van der Waals surface area contributed by atoms with E-state index < -0.39 is 39.1 Å². The van der Waals surface area contributed by atoms with Gasteiger partial charge in [0.2, 0.25) is 15.9 Å². The van der Waals surface area contributed by atoms with Crippen LogP contribution in [-0.4, -0.2) is 76.6 Å². The number of alkyl halides is 3. The highest BCUT2D eigenvalue weighted by Gasteiger charge is 2.37. The molecule has 1 atom stereocenters. The molecule has 1 N–H and O–H groups in total. The third kappa shape index (κ3) is 5.68. The van der Waals surface area contributed by atoms with Crippen LogP contribution in [0.15, 0.2) is 29.2 Å². The smallest absolute Gasteiger partial charge is 0.379 e. The summed E-state index contributed by atoms with van der Waals surface area (Å²) in [5, 5.41) is 0. The number of sulfonamides is 1. The standard InChI is InChI=1S/C18H24F3N3O4S/c19-18(20,21)15-3-1-2-4-16(15)29(26,27)22-11-17(25)24-6-5-14(13-24)12-23-7-9-28-10-8-23/h1-4,14,22H,5-13H2. The molecule has 1 aromatic carbocycles. The third-order valence-electron chi connectivity index (χ3n) is 5.15. The van der Waals surface area contributed by atoms with E-state index >= 15 is 0 Å². The number of nitrogens with zero attached hydrogens (tertiary/aromatic N) is 2. The van der Waals surface area contributed by atoms with Gasteiger partial charge in [0.15, 0.2) is 0 Å². The predicted octanol–water partition coefficient (Wildman–Crippen LogP) is 1.16. The maximum absolute atomic E-state index is 13.1. The largest absolute Gasteiger partial charge is 0.417 e. The van der Waals surface area contributed by atoms with Crippen molar-refractivity contribution < 1.29 is 31.1 Å². The minimum atomic E-state index is -4.81. The molecule has 0 saturated carbocycles. The van der Waals surface area contributed by atoms with Crippen molar-refractivity contribution >= 4 is 15.9 Å². The maximum Gasteiger partial charge on any atom is 0.417 e. The van der Waals surface area contributed by atoms with Crippen molar-refractivity contribution in [1.82, 2.24) is 14.5 Å². The zero-order valence-electron chi connectivity index (χ0n) is 15.8. The van der Waals surface area contributed by atoms with E-state index in [1.165, 1.54) is 6.07 Å². The SMILES string of the molecule is O=C(CNS(=O)(=O)c1ccccc1C(F)(F)F)N1CCC(CN2CCOCC2)C1. The van der Waals surface area contributed by atoms with Crippen LogP contribution < -0.4 is 4.72 Å². The van der Waals surface area contributed by atoms with Gasteiger partial charge in [-0.05, 0) is 24.5 Å². The molecule has 2 aliphatic rings. The van der Waals surface area contributed by atoms with Gasteiger partial charge in [-0.25, -0.2) is 13.1 Å². The first kappa shape index (κ1) is 22.0. The van der Waals surface area contributed by atoms with Crippen LogP contribution in [0, 0.1) is 5.92 Å². The zero-order valence-corrected chi connectivity index (χ0v) is 16.6. The monoisotopic (exact) mass is 435 g/mol. The second-order valence-electron chi connectivity index (χ2n) is 7.23. The van der Waals surface area contributed by atoms with Gasteiger partial charge in [0, 0.05) is 32.7 Å². The van der Waals surface area contributed by atoms with E-state index in [2.05, 4.69) is 4.90 Å². The molecule has 2 fully saturated rings. The number of nitrogens with one attached hydrogen (secondary N) is 1. The predicted molar refractivity (Wildman–Crippen MR) is 98.6 cm³/mol. The Kier molecular flexibility index (Phi) is 6.82. The molecular formula is C18H24F3N3O4S. The van der Waals surface area contributed by atoms with Crippen LogP contribution in [0.25, 0.3) is 0 Å². The Morgan fingerprint density at radius 1 is 1.17 bits per heavy atom. The maximum atomic E-state index is 13.1. The first-order chi connectivity index (χ1) is 13.7. The van der Waals surface area contributed by atoms with Gasteiger partial charge in [-0.3, -0.25) is 9.69 Å². The lowest BCUT2D eigenvalue weighted by Gasteiger charge is -2.29. The Hall–Kier alpha value is -1.69. The molecule has 7 nitrogen and oxygen atoms in total. The summed E-state index contributed by atoms with van der Waals surface area (Å²) >= 11 is 0. The normalized spacial score (nSPS) is 21.5. The summed E-state index contributed by atoms with van der Waals surface area (Å²) in [4.78, 5) is 15.3. The van der Waals surface area contributed by atoms with Crippen molar-refractivity contribution in [3.8, 4) is 0 Å². The lowest BCUT2D eigenvalue weighted by molar-refractivity contribution is -0.139. The molecule has 1 aromatic rings. The molecule has 162 valence electrons. The lowest BCUT2D eigenvalue weighted by Crippen LogP contribution is -2.41. The van der Waals surface area contributed by atoms with Crippen molar-refractivity contribution in [1.29, 1.82) is 0 Å². The first-order valence-electron chi connectivity index (χ1n) is 9.40. The minimum absolute atomic E-state index is 0.291. The summed E-state index contributed by atoms with van der Waals surface area (Å²) in [5.74, 6) is -0.151. The molecule has 2 saturated heterocycles. The summed E-state index contributed by atoms with van der Waals surface area (Å²) in [7, 11) is -4.47. The Morgan fingerprint density at radius 2 is 1.86 bits per heavy atom. The first-order valence-corrected chi connectivity index (χ1v) is 10.9. The number of ether oxygens (including phenoxy) is 1. The number of amides is 1. The van der Waals surface area contributed by atoms with Crippen molar-refractivity contribution in [3.63, 3.8) is 0 Å². The van der Waals surface area contributed by atoms with Crippen LogP contribution in [0.3, 0.4) is 0 Å². The number of halogens is 3. The highest BCUT2D eigenvalue weighted by atomic mass is 32.2. The van der Waals surface area contributed by atoms with Gasteiger partial charge in [-0.1, -0.05) is 12.1 Å². The summed E-state index contributed by atoms with van der Waals surface area (Å²) in [6.45, 7) is 4.38. The van der Waals surface area contributed by atoms with Gasteiger partial charge in [-0.2, -0.15) is 13.2 Å². The van der Waals surface area contributed by atoms with Gasteiger partial charge in [-0.15, -0.1) is 0 Å². The number of carbonyl (C=O) groups is 1. The average Bonchev–Trinajstić information content (AvgIpc) is 3.15. The molecule has 11 heteroatoms. The van der Waals surface area contributed by atoms with E-state index in [9.17, 15) is 26.4 Å². The molecule has 0 radical (unpaired) electrons. The van der Waals surface area contributed by atoms with Crippen molar-refractivity contribution in [2.24, 2.45) is 5.92 Å². The average molecular weight is 435 g/mol. The summed E-state index contributed by atoms with van der Waals surface area (Å²) in [6.07, 6.45) is -4.00. The molecule has 2 heterocycles. The zero-order chi connectivity index (χ0) is 21.1. The van der Waals surface area contributed by atoms with E-state index in [1.807, 2.05) is 4.72 Å². The third-order valence-corrected chi connectivity index (χ3v) is 6.61. The van der Waals surface area contributed by atoms with Crippen LogP contribution >= 0.6 is 0 Å². The van der Waals surface area contributed by atoms with Crippen LogP contribution in [-0.2, 0) is 25.7 Å². The second-order valence-corrected chi connectivity index (χ2v) is 8.96. The molecule has 1 unspecified atom stereocenters. The number of morpholine rings is 1. The minimum Gasteiger partial charge on any atom is -0.379 e. The Morgan fingerprint density at radius 3 is 2.55 bits per heavy atom. The van der Waals surface area contributed by atoms with Crippen LogP contribution in [0.1, 0.15) is 12.0 Å². The van der Waals surface area contributed by atoms with Crippen LogP contribution in [0.4, 0.5) is 13.2 Å². The van der Waals surface area contributed by atoms with Crippen molar-refractivity contribution in [2.45, 2.75) is 17.5 Å². The molecule has 2 aliphatic heterocycles. The summed E-state index contributed by atoms with van der Waals surface area (Å²) < 4.78 is 71.3. The number of likely N-dealkylation sites (tertiary alicyclic amines) is 1. The summed E-state index contributed by atoms with van der Waals surface area (Å²) in [5.41, 5.74) is -1.26. The van der Waals surface area contributed by atoms with E-state index in [0.29, 0.717) is 38.3 Å². The van der Waals surface area contributed by atoms with Gasteiger partial charge in [0.05, 0.1) is 30.2 Å².